The van der Waals surface area contributed by atoms with Crippen LogP contribution in [0.2, 0.25) is 0 Å². The van der Waals surface area contributed by atoms with E-state index in [4.69, 9.17) is 4.52 Å². The maximum absolute atomic E-state index is 12.8. The first-order valence-electron chi connectivity index (χ1n) is 8.37. The molecule has 2 rings (SSSR count). The van der Waals surface area contributed by atoms with Crippen LogP contribution in [0.15, 0.2) is 4.52 Å². The number of carbonyl (C=O) groups excluding carboxylic acids is 2. The third-order valence-electron chi connectivity index (χ3n) is 3.99. The van der Waals surface area contributed by atoms with Gasteiger partial charge in [0.2, 0.25) is 5.89 Å². The van der Waals surface area contributed by atoms with Crippen molar-refractivity contribution in [3.05, 3.63) is 11.7 Å². The van der Waals surface area contributed by atoms with Gasteiger partial charge in [-0.05, 0) is 18.8 Å². The van der Waals surface area contributed by atoms with Crippen LogP contribution in [0.5, 0.6) is 0 Å². The van der Waals surface area contributed by atoms with Crippen molar-refractivity contribution in [3.63, 3.8) is 0 Å². The number of urea groups is 1. The first kappa shape index (κ1) is 17.4. The molecule has 0 aliphatic carbocycles. The Balaban J connectivity index is 2.12. The third kappa shape index (κ3) is 3.71. The molecule has 1 aromatic heterocycles. The van der Waals surface area contributed by atoms with Crippen molar-refractivity contribution < 1.29 is 14.1 Å². The highest BCUT2D eigenvalue weighted by Crippen LogP contribution is 2.28. The van der Waals surface area contributed by atoms with E-state index in [1.807, 2.05) is 13.8 Å². The van der Waals surface area contributed by atoms with Crippen LogP contribution in [-0.4, -0.2) is 32.5 Å². The maximum atomic E-state index is 12.8. The molecule has 23 heavy (non-hydrogen) atoms. The van der Waals surface area contributed by atoms with Gasteiger partial charge in [0, 0.05) is 6.42 Å². The van der Waals surface area contributed by atoms with Gasteiger partial charge in [0.25, 0.3) is 5.91 Å². The van der Waals surface area contributed by atoms with Crippen LogP contribution >= 0.6 is 0 Å². The molecule has 0 spiro atoms. The first-order chi connectivity index (χ1) is 10.9. The SMILES string of the molecule is CCCC1(CCC)NC(=O)N(Cc2nc(CC(C)C)no2)C1=O. The zero-order valence-corrected chi connectivity index (χ0v) is 14.4. The second-order valence-electron chi connectivity index (χ2n) is 6.61. The Morgan fingerprint density at radius 3 is 2.43 bits per heavy atom. The molecule has 1 aliphatic rings. The average Bonchev–Trinajstić information content (AvgIpc) is 2.98. The summed E-state index contributed by atoms with van der Waals surface area (Å²) in [6, 6.07) is -0.375. The Labute approximate surface area is 136 Å². The monoisotopic (exact) mass is 322 g/mol. The number of nitrogens with zero attached hydrogens (tertiary/aromatic N) is 3. The Bertz CT molecular complexity index is 561. The highest BCUT2D eigenvalue weighted by Gasteiger charge is 2.50. The average molecular weight is 322 g/mol. The fourth-order valence-electron chi connectivity index (χ4n) is 3.07. The lowest BCUT2D eigenvalue weighted by molar-refractivity contribution is -0.132. The van der Waals surface area contributed by atoms with Gasteiger partial charge in [-0.25, -0.2) is 4.79 Å². The van der Waals surface area contributed by atoms with Crippen molar-refractivity contribution in [3.8, 4) is 0 Å². The Hall–Kier alpha value is -1.92. The van der Waals surface area contributed by atoms with Crippen molar-refractivity contribution in [2.24, 2.45) is 5.92 Å². The van der Waals surface area contributed by atoms with E-state index in [2.05, 4.69) is 29.3 Å². The van der Waals surface area contributed by atoms with E-state index in [1.54, 1.807) is 0 Å². The quantitative estimate of drug-likeness (QED) is 0.743. The van der Waals surface area contributed by atoms with E-state index in [0.29, 0.717) is 36.9 Å². The molecule has 0 atom stereocenters. The van der Waals surface area contributed by atoms with Gasteiger partial charge in [-0.1, -0.05) is 45.7 Å². The molecule has 0 aromatic carbocycles. The van der Waals surface area contributed by atoms with Crippen LogP contribution in [0.4, 0.5) is 4.79 Å². The van der Waals surface area contributed by atoms with Crippen LogP contribution in [0.25, 0.3) is 0 Å². The van der Waals surface area contributed by atoms with Crippen molar-refractivity contribution in [1.29, 1.82) is 0 Å². The second kappa shape index (κ2) is 7.10. The molecule has 0 radical (unpaired) electrons. The predicted octanol–water partition coefficient (Wildman–Crippen LogP) is 2.66. The first-order valence-corrected chi connectivity index (χ1v) is 8.37. The number of hydrogen-bond acceptors (Lipinski definition) is 5. The standard InChI is InChI=1S/C16H26N4O3/c1-5-7-16(8-6-2)14(21)20(15(22)18-16)10-13-17-12(19-23-13)9-11(3)4/h11H,5-10H2,1-4H3,(H,18,22). The van der Waals surface area contributed by atoms with Gasteiger partial charge in [0.1, 0.15) is 12.1 Å². The van der Waals surface area contributed by atoms with Gasteiger partial charge >= 0.3 is 6.03 Å². The number of aromatic nitrogens is 2. The van der Waals surface area contributed by atoms with Gasteiger partial charge in [-0.15, -0.1) is 0 Å². The van der Waals surface area contributed by atoms with E-state index in [1.165, 1.54) is 4.90 Å². The van der Waals surface area contributed by atoms with Crippen molar-refractivity contribution in [1.82, 2.24) is 20.4 Å². The van der Waals surface area contributed by atoms with Crippen LogP contribution < -0.4 is 5.32 Å². The van der Waals surface area contributed by atoms with Crippen molar-refractivity contribution in [2.75, 3.05) is 0 Å². The van der Waals surface area contributed by atoms with Crippen molar-refractivity contribution in [2.45, 2.75) is 71.9 Å². The summed E-state index contributed by atoms with van der Waals surface area (Å²) >= 11 is 0. The molecule has 1 N–H and O–H groups in total. The number of rotatable bonds is 8. The van der Waals surface area contributed by atoms with E-state index in [-0.39, 0.29) is 18.5 Å². The molecule has 0 unspecified atom stereocenters. The number of nitrogens with one attached hydrogen (secondary N) is 1. The van der Waals surface area contributed by atoms with Crippen LogP contribution in [0.1, 0.15) is 65.1 Å². The van der Waals surface area contributed by atoms with Gasteiger partial charge in [0.15, 0.2) is 5.82 Å². The summed E-state index contributed by atoms with van der Waals surface area (Å²) in [6.45, 7) is 8.19. The zero-order valence-electron chi connectivity index (χ0n) is 14.4. The molecule has 2 heterocycles. The number of amides is 3. The van der Waals surface area contributed by atoms with Crippen LogP contribution in [0, 0.1) is 5.92 Å². The maximum Gasteiger partial charge on any atom is 0.325 e. The Morgan fingerprint density at radius 1 is 1.22 bits per heavy atom. The number of hydrogen-bond donors (Lipinski definition) is 1. The lowest BCUT2D eigenvalue weighted by Crippen LogP contribution is -2.46. The summed E-state index contributed by atoms with van der Waals surface area (Å²) in [6.07, 6.45) is 3.66. The van der Waals surface area contributed by atoms with Crippen molar-refractivity contribution >= 4 is 11.9 Å². The molecular weight excluding hydrogens is 296 g/mol. The normalized spacial score (nSPS) is 17.2. The number of carbonyl (C=O) groups is 2. The predicted molar refractivity (Wildman–Crippen MR) is 84.5 cm³/mol. The summed E-state index contributed by atoms with van der Waals surface area (Å²) in [5, 5.41) is 6.78. The van der Waals surface area contributed by atoms with Gasteiger partial charge < -0.3 is 9.84 Å². The summed E-state index contributed by atoms with van der Waals surface area (Å²) < 4.78 is 5.18. The zero-order chi connectivity index (χ0) is 17.0. The summed E-state index contributed by atoms with van der Waals surface area (Å²) in [5.41, 5.74) is -0.776. The molecular formula is C16H26N4O3. The smallest absolute Gasteiger partial charge is 0.325 e. The van der Waals surface area contributed by atoms with E-state index in [0.717, 1.165) is 12.8 Å². The summed E-state index contributed by atoms with van der Waals surface area (Å²) in [5.74, 6) is 1.14. The van der Waals surface area contributed by atoms with Gasteiger partial charge in [0.05, 0.1) is 0 Å². The minimum Gasteiger partial charge on any atom is -0.337 e. The van der Waals surface area contributed by atoms with Gasteiger partial charge in [-0.2, -0.15) is 4.98 Å². The van der Waals surface area contributed by atoms with Gasteiger partial charge in [-0.3, -0.25) is 9.69 Å². The highest BCUT2D eigenvalue weighted by molar-refractivity contribution is 6.06. The Morgan fingerprint density at radius 2 is 1.87 bits per heavy atom. The molecule has 1 saturated heterocycles. The fraction of sp³-hybridized carbons (Fsp3) is 0.750. The largest absolute Gasteiger partial charge is 0.337 e. The lowest BCUT2D eigenvalue weighted by atomic mass is 9.88. The van der Waals surface area contributed by atoms with E-state index >= 15 is 0 Å². The second-order valence-corrected chi connectivity index (χ2v) is 6.61. The minimum atomic E-state index is -0.776. The summed E-state index contributed by atoms with van der Waals surface area (Å²) in [4.78, 5) is 30.5. The molecule has 7 heteroatoms. The number of imide groups is 1. The van der Waals surface area contributed by atoms with E-state index < -0.39 is 5.54 Å². The highest BCUT2D eigenvalue weighted by atomic mass is 16.5. The molecule has 0 saturated carbocycles. The molecule has 3 amide bonds. The molecule has 128 valence electrons. The Kier molecular flexibility index (Phi) is 5.38. The topological polar surface area (TPSA) is 88.3 Å². The molecule has 1 fully saturated rings. The van der Waals surface area contributed by atoms with E-state index in [9.17, 15) is 9.59 Å². The fourth-order valence-corrected chi connectivity index (χ4v) is 3.07. The molecule has 1 aromatic rings. The third-order valence-corrected chi connectivity index (χ3v) is 3.99. The summed E-state index contributed by atoms with van der Waals surface area (Å²) in [7, 11) is 0. The lowest BCUT2D eigenvalue weighted by Gasteiger charge is -2.25. The van der Waals surface area contributed by atoms with Crippen LogP contribution in [-0.2, 0) is 17.8 Å². The van der Waals surface area contributed by atoms with Crippen LogP contribution in [0.3, 0.4) is 0 Å². The molecule has 1 aliphatic heterocycles. The molecule has 7 nitrogen and oxygen atoms in total. The minimum absolute atomic E-state index is 0.0327. The molecule has 0 bridgehead atoms.